The van der Waals surface area contributed by atoms with Gasteiger partial charge in [0.25, 0.3) is 0 Å². The molecule has 0 radical (unpaired) electrons. The number of carbonyl (C=O) groups excluding carboxylic acids is 1. The second kappa shape index (κ2) is 11.1. The standard InChI is InChI=1S/C18H19N5O2.C7H6O/c1-19-13-8-12(9-20-10-13)15-2-3-16-17(23-15)18(22-11-21-16)25-14-4-6-24-7-5-14;8-6-7-4-2-1-3-5-7/h2-3,8-11,14,19H,4-7H2,1H3;1-6H. The molecule has 0 spiro atoms. The molecule has 4 heterocycles. The van der Waals surface area contributed by atoms with Gasteiger partial charge in [-0.3, -0.25) is 9.78 Å². The van der Waals surface area contributed by atoms with Gasteiger partial charge in [-0.1, -0.05) is 30.3 Å². The van der Waals surface area contributed by atoms with Gasteiger partial charge in [-0.2, -0.15) is 4.98 Å². The van der Waals surface area contributed by atoms with Crippen molar-refractivity contribution in [1.82, 2.24) is 19.9 Å². The molecular weight excluding hydrogens is 418 g/mol. The quantitative estimate of drug-likeness (QED) is 0.459. The predicted molar refractivity (Wildman–Crippen MR) is 126 cm³/mol. The Morgan fingerprint density at radius 2 is 1.88 bits per heavy atom. The Morgan fingerprint density at radius 1 is 1.06 bits per heavy atom. The summed E-state index contributed by atoms with van der Waals surface area (Å²) >= 11 is 0. The Morgan fingerprint density at radius 3 is 2.61 bits per heavy atom. The van der Waals surface area contributed by atoms with E-state index in [-0.39, 0.29) is 6.10 Å². The Balaban J connectivity index is 0.000000275. The van der Waals surface area contributed by atoms with Gasteiger partial charge < -0.3 is 14.8 Å². The molecule has 4 aromatic rings. The lowest BCUT2D eigenvalue weighted by Gasteiger charge is -2.22. The number of anilines is 1. The number of hydrogen-bond donors (Lipinski definition) is 1. The molecular formula is C25H25N5O3. The fraction of sp³-hybridized carbons (Fsp3) is 0.240. The number of fused-ring (bicyclic) bond motifs is 1. The molecule has 1 aromatic carbocycles. The van der Waals surface area contributed by atoms with E-state index in [0.29, 0.717) is 11.4 Å². The van der Waals surface area contributed by atoms with Gasteiger partial charge in [0.15, 0.2) is 5.52 Å². The Bertz CT molecular complexity index is 1200. The van der Waals surface area contributed by atoms with E-state index in [4.69, 9.17) is 14.5 Å². The van der Waals surface area contributed by atoms with Crippen molar-refractivity contribution in [2.75, 3.05) is 25.6 Å². The minimum atomic E-state index is 0.103. The molecule has 3 aromatic heterocycles. The summed E-state index contributed by atoms with van der Waals surface area (Å²) in [4.78, 5) is 27.6. The van der Waals surface area contributed by atoms with Crippen molar-refractivity contribution in [2.45, 2.75) is 18.9 Å². The molecule has 1 N–H and O–H groups in total. The highest BCUT2D eigenvalue weighted by Crippen LogP contribution is 2.27. The van der Waals surface area contributed by atoms with Gasteiger partial charge in [-0.05, 0) is 18.2 Å². The monoisotopic (exact) mass is 443 g/mol. The molecule has 0 bridgehead atoms. The summed E-state index contributed by atoms with van der Waals surface area (Å²) in [6.45, 7) is 1.43. The van der Waals surface area contributed by atoms with Gasteiger partial charge >= 0.3 is 0 Å². The molecule has 0 amide bonds. The van der Waals surface area contributed by atoms with Gasteiger partial charge in [-0.15, -0.1) is 0 Å². The van der Waals surface area contributed by atoms with Crippen LogP contribution in [-0.2, 0) is 4.74 Å². The first-order valence-corrected chi connectivity index (χ1v) is 10.8. The van der Waals surface area contributed by atoms with Crippen molar-refractivity contribution in [1.29, 1.82) is 0 Å². The maximum Gasteiger partial charge on any atom is 0.244 e. The molecule has 0 atom stereocenters. The second-order valence-electron chi connectivity index (χ2n) is 7.41. The third-order valence-electron chi connectivity index (χ3n) is 5.15. The molecule has 1 saturated heterocycles. The fourth-order valence-electron chi connectivity index (χ4n) is 3.37. The minimum absolute atomic E-state index is 0.103. The molecule has 168 valence electrons. The normalized spacial score (nSPS) is 13.6. The van der Waals surface area contributed by atoms with Gasteiger partial charge in [-0.25, -0.2) is 9.97 Å². The summed E-state index contributed by atoms with van der Waals surface area (Å²) in [5.74, 6) is 0.525. The largest absolute Gasteiger partial charge is 0.473 e. The molecule has 5 rings (SSSR count). The summed E-state index contributed by atoms with van der Waals surface area (Å²) in [7, 11) is 1.86. The maximum atomic E-state index is 10.0. The average Bonchev–Trinajstić information content (AvgIpc) is 2.90. The molecule has 0 saturated carbocycles. The summed E-state index contributed by atoms with van der Waals surface area (Å²) < 4.78 is 11.5. The Labute approximate surface area is 192 Å². The van der Waals surface area contributed by atoms with Gasteiger partial charge in [0.2, 0.25) is 5.88 Å². The summed E-state index contributed by atoms with van der Waals surface area (Å²) in [6.07, 6.45) is 7.73. The van der Waals surface area contributed by atoms with Crippen LogP contribution in [-0.4, -0.2) is 52.6 Å². The van der Waals surface area contributed by atoms with Crippen LogP contribution in [0.4, 0.5) is 5.69 Å². The average molecular weight is 444 g/mol. The van der Waals surface area contributed by atoms with Crippen LogP contribution in [0.1, 0.15) is 23.2 Å². The molecule has 1 aliphatic rings. The first-order valence-electron chi connectivity index (χ1n) is 10.8. The number of rotatable bonds is 5. The van der Waals surface area contributed by atoms with Crippen LogP contribution in [0.3, 0.4) is 0 Å². The smallest absolute Gasteiger partial charge is 0.244 e. The third kappa shape index (κ3) is 5.87. The van der Waals surface area contributed by atoms with Crippen LogP contribution in [0.5, 0.6) is 5.88 Å². The topological polar surface area (TPSA) is 99.1 Å². The number of hydrogen-bond acceptors (Lipinski definition) is 8. The van der Waals surface area contributed by atoms with E-state index in [9.17, 15) is 4.79 Å². The zero-order chi connectivity index (χ0) is 22.9. The lowest BCUT2D eigenvalue weighted by Crippen LogP contribution is -2.26. The van der Waals surface area contributed by atoms with Gasteiger partial charge in [0.1, 0.15) is 18.7 Å². The van der Waals surface area contributed by atoms with Crippen LogP contribution >= 0.6 is 0 Å². The van der Waals surface area contributed by atoms with Gasteiger partial charge in [0.05, 0.1) is 30.1 Å². The molecule has 0 unspecified atom stereocenters. The van der Waals surface area contributed by atoms with Crippen molar-refractivity contribution in [3.8, 4) is 17.1 Å². The van der Waals surface area contributed by atoms with Crippen LogP contribution in [0.2, 0.25) is 0 Å². The zero-order valence-electron chi connectivity index (χ0n) is 18.3. The second-order valence-corrected chi connectivity index (χ2v) is 7.41. The van der Waals surface area contributed by atoms with E-state index >= 15 is 0 Å². The number of pyridine rings is 2. The molecule has 1 aliphatic heterocycles. The molecule has 8 heteroatoms. The first-order chi connectivity index (χ1) is 16.3. The van der Waals surface area contributed by atoms with Crippen molar-refractivity contribution in [3.05, 3.63) is 72.8 Å². The van der Waals surface area contributed by atoms with Crippen molar-refractivity contribution >= 4 is 23.0 Å². The first kappa shape index (κ1) is 22.3. The highest BCUT2D eigenvalue weighted by Gasteiger charge is 2.18. The number of nitrogens with one attached hydrogen (secondary N) is 1. The molecule has 8 nitrogen and oxygen atoms in total. The minimum Gasteiger partial charge on any atom is -0.473 e. The summed E-state index contributed by atoms with van der Waals surface area (Å²) in [5.41, 5.74) is 4.83. The Hall–Kier alpha value is -3.91. The van der Waals surface area contributed by atoms with E-state index in [1.807, 2.05) is 43.4 Å². The van der Waals surface area contributed by atoms with Gasteiger partial charge in [0, 0.05) is 43.4 Å². The van der Waals surface area contributed by atoms with Crippen molar-refractivity contribution < 1.29 is 14.3 Å². The van der Waals surface area contributed by atoms with Crippen LogP contribution in [0.15, 0.2) is 67.3 Å². The highest BCUT2D eigenvalue weighted by molar-refractivity contribution is 5.82. The van der Waals surface area contributed by atoms with Crippen molar-refractivity contribution in [3.63, 3.8) is 0 Å². The van der Waals surface area contributed by atoms with E-state index in [0.717, 1.165) is 60.4 Å². The van der Waals surface area contributed by atoms with Crippen LogP contribution in [0, 0.1) is 0 Å². The highest BCUT2D eigenvalue weighted by atomic mass is 16.5. The van der Waals surface area contributed by atoms with E-state index in [2.05, 4.69) is 20.3 Å². The molecule has 0 aliphatic carbocycles. The molecule has 33 heavy (non-hydrogen) atoms. The fourth-order valence-corrected chi connectivity index (χ4v) is 3.37. The number of benzene rings is 1. The van der Waals surface area contributed by atoms with Crippen LogP contribution < -0.4 is 10.1 Å². The summed E-state index contributed by atoms with van der Waals surface area (Å²) in [5, 5.41) is 3.09. The number of ether oxygens (including phenoxy) is 2. The van der Waals surface area contributed by atoms with Crippen molar-refractivity contribution in [2.24, 2.45) is 0 Å². The maximum absolute atomic E-state index is 10.0. The van der Waals surface area contributed by atoms with E-state index in [1.165, 1.54) is 6.33 Å². The lowest BCUT2D eigenvalue weighted by molar-refractivity contribution is 0.0243. The van der Waals surface area contributed by atoms with Crippen LogP contribution in [0.25, 0.3) is 22.3 Å². The van der Waals surface area contributed by atoms with E-state index in [1.54, 1.807) is 24.5 Å². The predicted octanol–water partition coefficient (Wildman–Crippen LogP) is 4.19. The Kier molecular flexibility index (Phi) is 7.50. The molecule has 1 fully saturated rings. The third-order valence-corrected chi connectivity index (χ3v) is 5.15. The number of aromatic nitrogens is 4. The SMILES string of the molecule is CNc1cncc(-c2ccc3ncnc(OC4CCOCC4)c3n2)c1.O=Cc1ccccc1. The number of nitrogens with zero attached hydrogens (tertiary/aromatic N) is 4. The number of aldehydes is 1. The summed E-state index contributed by atoms with van der Waals surface area (Å²) in [6, 6.07) is 15.0. The number of carbonyl (C=O) groups is 1. The zero-order valence-corrected chi connectivity index (χ0v) is 18.3. The lowest BCUT2D eigenvalue weighted by atomic mass is 10.1. The van der Waals surface area contributed by atoms with E-state index < -0.39 is 0 Å².